The Bertz CT molecular complexity index is 1070. The molecule has 0 saturated carbocycles. The summed E-state index contributed by atoms with van der Waals surface area (Å²) in [7, 11) is 1.76. The summed E-state index contributed by atoms with van der Waals surface area (Å²) in [6.07, 6.45) is 3.34. The number of pyridine rings is 1. The van der Waals surface area contributed by atoms with Gasteiger partial charge in [-0.1, -0.05) is 23.5 Å². The van der Waals surface area contributed by atoms with Gasteiger partial charge in [0.2, 0.25) is 0 Å². The fraction of sp³-hybridized carbons (Fsp3) is 0.158. The van der Waals surface area contributed by atoms with Crippen molar-refractivity contribution in [2.45, 2.75) is 13.5 Å². The third-order valence-corrected chi connectivity index (χ3v) is 5.14. The fourth-order valence-corrected chi connectivity index (χ4v) is 3.80. The van der Waals surface area contributed by atoms with E-state index >= 15 is 0 Å². The summed E-state index contributed by atoms with van der Waals surface area (Å²) in [6.45, 7) is 2.40. The molecule has 0 saturated heterocycles. The van der Waals surface area contributed by atoms with E-state index in [-0.39, 0.29) is 5.91 Å². The molecule has 3 heterocycles. The quantitative estimate of drug-likeness (QED) is 0.556. The Morgan fingerprint density at radius 3 is 2.81 bits per heavy atom. The van der Waals surface area contributed by atoms with Crippen molar-refractivity contribution in [1.29, 1.82) is 0 Å². The van der Waals surface area contributed by atoms with Crippen LogP contribution in [-0.4, -0.2) is 25.7 Å². The van der Waals surface area contributed by atoms with Gasteiger partial charge in [-0.3, -0.25) is 19.4 Å². The van der Waals surface area contributed by atoms with Crippen molar-refractivity contribution in [3.63, 3.8) is 0 Å². The predicted molar refractivity (Wildman–Crippen MR) is 102 cm³/mol. The minimum Gasteiger partial charge on any atom is -0.277 e. The van der Waals surface area contributed by atoms with Gasteiger partial charge >= 0.3 is 0 Å². The van der Waals surface area contributed by atoms with Crippen LogP contribution in [0, 0.1) is 6.92 Å². The number of hydrogen-bond donors (Lipinski definition) is 0. The molecule has 0 unspecified atom stereocenters. The standard InChI is InChI=1S/C19H17N5OS/c1-13-6-7-15-17(11-13)26-19(22-15)24(12-14-5-3-4-9-20-14)18(25)16-8-10-21-23(16)2/h3-11H,12H2,1-2H3. The van der Waals surface area contributed by atoms with Gasteiger partial charge in [0.05, 0.1) is 22.5 Å². The fourth-order valence-electron chi connectivity index (χ4n) is 2.74. The highest BCUT2D eigenvalue weighted by Crippen LogP contribution is 2.31. The number of amides is 1. The monoisotopic (exact) mass is 363 g/mol. The zero-order valence-electron chi connectivity index (χ0n) is 14.5. The van der Waals surface area contributed by atoms with Gasteiger partial charge in [-0.05, 0) is 42.8 Å². The van der Waals surface area contributed by atoms with Gasteiger partial charge in [-0.25, -0.2) is 4.98 Å². The van der Waals surface area contributed by atoms with Crippen LogP contribution in [0.2, 0.25) is 0 Å². The SMILES string of the molecule is Cc1ccc2nc(N(Cc3ccccn3)C(=O)c3ccnn3C)sc2c1. The Morgan fingerprint density at radius 2 is 2.08 bits per heavy atom. The van der Waals surface area contributed by atoms with E-state index in [0.717, 1.165) is 15.9 Å². The van der Waals surface area contributed by atoms with Crippen LogP contribution in [0.5, 0.6) is 0 Å². The van der Waals surface area contributed by atoms with Gasteiger partial charge in [0.1, 0.15) is 5.69 Å². The Kier molecular flexibility index (Phi) is 4.22. The topological polar surface area (TPSA) is 63.9 Å². The van der Waals surface area contributed by atoms with Crippen LogP contribution < -0.4 is 4.90 Å². The van der Waals surface area contributed by atoms with E-state index in [0.29, 0.717) is 17.4 Å². The molecule has 4 aromatic rings. The first-order valence-corrected chi connectivity index (χ1v) is 9.00. The van der Waals surface area contributed by atoms with Crippen molar-refractivity contribution in [3.8, 4) is 0 Å². The molecule has 0 bridgehead atoms. The second-order valence-corrected chi connectivity index (χ2v) is 7.03. The Labute approximate surface area is 154 Å². The summed E-state index contributed by atoms with van der Waals surface area (Å²) in [6, 6.07) is 13.5. The molecule has 0 aliphatic rings. The largest absolute Gasteiger partial charge is 0.278 e. The number of aromatic nitrogens is 4. The third kappa shape index (κ3) is 3.09. The highest BCUT2D eigenvalue weighted by Gasteiger charge is 2.24. The molecule has 1 amide bonds. The summed E-state index contributed by atoms with van der Waals surface area (Å²) in [5.41, 5.74) is 3.37. The lowest BCUT2D eigenvalue weighted by atomic mass is 10.2. The Hall–Kier alpha value is -3.06. The number of rotatable bonds is 4. The Balaban J connectivity index is 1.78. The van der Waals surface area contributed by atoms with E-state index in [2.05, 4.69) is 21.1 Å². The maximum absolute atomic E-state index is 13.2. The van der Waals surface area contributed by atoms with Crippen LogP contribution in [0.4, 0.5) is 5.13 Å². The van der Waals surface area contributed by atoms with E-state index in [4.69, 9.17) is 0 Å². The maximum atomic E-state index is 13.2. The molecule has 0 aliphatic carbocycles. The first kappa shape index (κ1) is 16.4. The number of carbonyl (C=O) groups excluding carboxylic acids is 1. The zero-order chi connectivity index (χ0) is 18.1. The molecule has 26 heavy (non-hydrogen) atoms. The van der Waals surface area contributed by atoms with Crippen molar-refractivity contribution in [2.75, 3.05) is 4.90 Å². The number of nitrogens with zero attached hydrogens (tertiary/aromatic N) is 5. The predicted octanol–water partition coefficient (Wildman–Crippen LogP) is 3.58. The van der Waals surface area contributed by atoms with Crippen LogP contribution in [0.15, 0.2) is 54.9 Å². The first-order chi connectivity index (χ1) is 12.6. The summed E-state index contributed by atoms with van der Waals surface area (Å²) in [4.78, 5) is 23.9. The van der Waals surface area contributed by atoms with Crippen LogP contribution in [-0.2, 0) is 13.6 Å². The molecular weight excluding hydrogens is 346 g/mol. The molecule has 6 nitrogen and oxygen atoms in total. The van der Waals surface area contributed by atoms with Crippen molar-refractivity contribution in [1.82, 2.24) is 19.7 Å². The molecule has 3 aromatic heterocycles. The van der Waals surface area contributed by atoms with E-state index in [1.807, 2.05) is 37.3 Å². The lowest BCUT2D eigenvalue weighted by molar-refractivity contribution is 0.0975. The van der Waals surface area contributed by atoms with Crippen molar-refractivity contribution < 1.29 is 4.79 Å². The average molecular weight is 363 g/mol. The van der Waals surface area contributed by atoms with E-state index < -0.39 is 0 Å². The molecule has 0 radical (unpaired) electrons. The summed E-state index contributed by atoms with van der Waals surface area (Å²) in [5, 5.41) is 4.77. The molecule has 7 heteroatoms. The molecular formula is C19H17N5OS. The van der Waals surface area contributed by atoms with Crippen LogP contribution in [0.25, 0.3) is 10.2 Å². The van der Waals surface area contributed by atoms with Gasteiger partial charge in [0.25, 0.3) is 5.91 Å². The third-order valence-electron chi connectivity index (χ3n) is 4.09. The van der Waals surface area contributed by atoms with Gasteiger partial charge in [-0.2, -0.15) is 5.10 Å². The number of aryl methyl sites for hydroxylation is 2. The summed E-state index contributed by atoms with van der Waals surface area (Å²) in [5.74, 6) is -0.147. The highest BCUT2D eigenvalue weighted by atomic mass is 32.1. The number of hydrogen-bond acceptors (Lipinski definition) is 5. The van der Waals surface area contributed by atoms with Crippen LogP contribution in [0.1, 0.15) is 21.7 Å². The molecule has 130 valence electrons. The second-order valence-electron chi connectivity index (χ2n) is 6.02. The lowest BCUT2D eigenvalue weighted by Crippen LogP contribution is -2.32. The minimum atomic E-state index is -0.147. The average Bonchev–Trinajstić information content (AvgIpc) is 3.25. The first-order valence-electron chi connectivity index (χ1n) is 8.19. The van der Waals surface area contributed by atoms with Crippen molar-refractivity contribution in [2.24, 2.45) is 7.05 Å². The Morgan fingerprint density at radius 1 is 1.19 bits per heavy atom. The molecule has 0 aliphatic heterocycles. The lowest BCUT2D eigenvalue weighted by Gasteiger charge is -2.19. The van der Waals surface area contributed by atoms with Crippen LogP contribution >= 0.6 is 11.3 Å². The number of benzene rings is 1. The highest BCUT2D eigenvalue weighted by molar-refractivity contribution is 7.22. The number of thiazole rings is 1. The molecule has 4 rings (SSSR count). The smallest absolute Gasteiger partial charge is 0.277 e. The van der Waals surface area contributed by atoms with E-state index in [1.54, 1.807) is 35.1 Å². The maximum Gasteiger partial charge on any atom is 0.278 e. The summed E-state index contributed by atoms with van der Waals surface area (Å²) < 4.78 is 2.63. The molecule has 0 fully saturated rings. The second kappa shape index (κ2) is 6.68. The number of carbonyl (C=O) groups is 1. The molecule has 0 spiro atoms. The van der Waals surface area contributed by atoms with Gasteiger partial charge < -0.3 is 0 Å². The minimum absolute atomic E-state index is 0.147. The van der Waals surface area contributed by atoms with Crippen molar-refractivity contribution in [3.05, 3.63) is 71.8 Å². The molecule has 0 atom stereocenters. The molecule has 0 N–H and O–H groups in total. The molecule has 1 aromatic carbocycles. The van der Waals surface area contributed by atoms with E-state index in [9.17, 15) is 4.79 Å². The van der Waals surface area contributed by atoms with Gasteiger partial charge in [0.15, 0.2) is 5.13 Å². The van der Waals surface area contributed by atoms with Gasteiger partial charge in [0, 0.05) is 19.4 Å². The van der Waals surface area contributed by atoms with E-state index in [1.165, 1.54) is 16.9 Å². The normalized spacial score (nSPS) is 11.0. The summed E-state index contributed by atoms with van der Waals surface area (Å²) >= 11 is 1.51. The van der Waals surface area contributed by atoms with Crippen LogP contribution in [0.3, 0.4) is 0 Å². The van der Waals surface area contributed by atoms with Crippen molar-refractivity contribution >= 4 is 32.6 Å². The number of fused-ring (bicyclic) bond motifs is 1. The zero-order valence-corrected chi connectivity index (χ0v) is 15.3. The number of anilines is 1. The van der Waals surface area contributed by atoms with Gasteiger partial charge in [-0.15, -0.1) is 0 Å².